The molecule has 5 nitrogen and oxygen atoms in total. The molecular formula is C16H20N2O3. The molecule has 0 spiro atoms. The minimum absolute atomic E-state index is 0.259. The van der Waals surface area contributed by atoms with Gasteiger partial charge < -0.3 is 15.2 Å². The van der Waals surface area contributed by atoms with Crippen LogP contribution in [0.2, 0.25) is 0 Å². The number of nitrogens with one attached hydrogen (secondary N) is 1. The molecule has 0 atom stereocenters. The van der Waals surface area contributed by atoms with Gasteiger partial charge in [-0.15, -0.1) is 0 Å². The number of unbranched alkanes of at least 4 members (excludes halogenated alkanes) is 1. The number of aromatic carboxylic acids is 1. The van der Waals surface area contributed by atoms with Gasteiger partial charge in [0.2, 0.25) is 0 Å². The molecule has 0 bridgehead atoms. The quantitative estimate of drug-likeness (QED) is 0.730. The van der Waals surface area contributed by atoms with Crippen molar-refractivity contribution >= 4 is 22.7 Å². The summed E-state index contributed by atoms with van der Waals surface area (Å²) in [5.41, 5.74) is 0.932. The molecule has 0 amide bonds. The Labute approximate surface area is 124 Å². The number of carbonyl (C=O) groups is 1. The zero-order valence-electron chi connectivity index (χ0n) is 12.1. The first-order chi connectivity index (χ1) is 10.2. The van der Waals surface area contributed by atoms with E-state index in [0.717, 1.165) is 19.4 Å². The van der Waals surface area contributed by atoms with Crippen LogP contribution in [0.5, 0.6) is 0 Å². The van der Waals surface area contributed by atoms with Gasteiger partial charge in [0.1, 0.15) is 5.82 Å². The molecule has 0 fully saturated rings. The van der Waals surface area contributed by atoms with Crippen LogP contribution in [0.3, 0.4) is 0 Å². The van der Waals surface area contributed by atoms with E-state index in [-0.39, 0.29) is 5.56 Å². The second kappa shape index (κ2) is 7.59. The number of pyridine rings is 1. The zero-order chi connectivity index (χ0) is 15.1. The molecule has 112 valence electrons. The fourth-order valence-corrected chi connectivity index (χ4v) is 2.04. The smallest absolute Gasteiger partial charge is 0.336 e. The summed E-state index contributed by atoms with van der Waals surface area (Å²) >= 11 is 0. The van der Waals surface area contributed by atoms with Crippen molar-refractivity contribution in [3.63, 3.8) is 0 Å². The normalized spacial score (nSPS) is 10.7. The van der Waals surface area contributed by atoms with Gasteiger partial charge in [-0.2, -0.15) is 0 Å². The van der Waals surface area contributed by atoms with Gasteiger partial charge in [-0.3, -0.25) is 0 Å². The van der Waals surface area contributed by atoms with Crippen molar-refractivity contribution in [2.24, 2.45) is 0 Å². The minimum Gasteiger partial charge on any atom is -0.478 e. The number of rotatable bonds is 8. The standard InChI is InChI=1S/C16H20N2O3/c1-2-3-9-21-10-8-17-15-11-13(16(19)20)12-6-4-5-7-14(12)18-15/h4-7,11H,2-3,8-10H2,1H3,(H,17,18)(H,19,20). The molecule has 2 aromatic rings. The van der Waals surface area contributed by atoms with E-state index in [4.69, 9.17) is 4.74 Å². The van der Waals surface area contributed by atoms with Crippen molar-refractivity contribution in [1.82, 2.24) is 4.98 Å². The molecule has 2 N–H and O–H groups in total. The van der Waals surface area contributed by atoms with Crippen LogP contribution in [0.1, 0.15) is 30.1 Å². The molecule has 1 aromatic heterocycles. The summed E-state index contributed by atoms with van der Waals surface area (Å²) < 4.78 is 5.45. The molecular weight excluding hydrogens is 268 g/mol. The molecule has 0 aliphatic rings. The number of hydrogen-bond donors (Lipinski definition) is 2. The van der Waals surface area contributed by atoms with Crippen molar-refractivity contribution in [2.45, 2.75) is 19.8 Å². The Bertz CT molecular complexity index is 613. The zero-order valence-corrected chi connectivity index (χ0v) is 12.1. The summed E-state index contributed by atoms with van der Waals surface area (Å²) in [4.78, 5) is 15.8. The molecule has 2 rings (SSSR count). The highest BCUT2D eigenvalue weighted by atomic mass is 16.5. The SMILES string of the molecule is CCCCOCCNc1cc(C(=O)O)c2ccccc2n1. The topological polar surface area (TPSA) is 71.5 Å². The van der Waals surface area contributed by atoms with Gasteiger partial charge in [-0.1, -0.05) is 31.5 Å². The van der Waals surface area contributed by atoms with Crippen molar-refractivity contribution in [1.29, 1.82) is 0 Å². The van der Waals surface area contributed by atoms with Gasteiger partial charge in [-0.25, -0.2) is 9.78 Å². The Morgan fingerprint density at radius 3 is 2.90 bits per heavy atom. The first-order valence-electron chi connectivity index (χ1n) is 7.17. The maximum atomic E-state index is 11.3. The number of carboxylic acids is 1. The lowest BCUT2D eigenvalue weighted by atomic mass is 10.1. The van der Waals surface area contributed by atoms with E-state index in [0.29, 0.717) is 29.9 Å². The molecule has 5 heteroatoms. The average Bonchev–Trinajstić information content (AvgIpc) is 2.49. The van der Waals surface area contributed by atoms with Crippen LogP contribution >= 0.6 is 0 Å². The van der Waals surface area contributed by atoms with E-state index in [2.05, 4.69) is 17.2 Å². The fraction of sp³-hybridized carbons (Fsp3) is 0.375. The Morgan fingerprint density at radius 1 is 1.33 bits per heavy atom. The van der Waals surface area contributed by atoms with Crippen LogP contribution < -0.4 is 5.32 Å². The first-order valence-corrected chi connectivity index (χ1v) is 7.17. The lowest BCUT2D eigenvalue weighted by molar-refractivity contribution is 0.0699. The predicted molar refractivity (Wildman–Crippen MR) is 82.9 cm³/mol. The molecule has 0 unspecified atom stereocenters. The van der Waals surface area contributed by atoms with Gasteiger partial charge >= 0.3 is 5.97 Å². The lowest BCUT2D eigenvalue weighted by Gasteiger charge is -2.09. The Balaban J connectivity index is 2.05. The maximum absolute atomic E-state index is 11.3. The monoisotopic (exact) mass is 288 g/mol. The number of nitrogens with zero attached hydrogens (tertiary/aromatic N) is 1. The van der Waals surface area contributed by atoms with Crippen molar-refractivity contribution in [2.75, 3.05) is 25.1 Å². The summed E-state index contributed by atoms with van der Waals surface area (Å²) in [5, 5.41) is 13.1. The Hall–Kier alpha value is -2.14. The van der Waals surface area contributed by atoms with E-state index in [1.165, 1.54) is 0 Å². The van der Waals surface area contributed by atoms with Crippen molar-refractivity contribution < 1.29 is 14.6 Å². The molecule has 0 saturated heterocycles. The van der Waals surface area contributed by atoms with Crippen LogP contribution in [0.4, 0.5) is 5.82 Å². The van der Waals surface area contributed by atoms with Crippen molar-refractivity contribution in [3.8, 4) is 0 Å². The molecule has 0 radical (unpaired) electrons. The number of para-hydroxylation sites is 1. The molecule has 0 saturated carbocycles. The number of aromatic nitrogens is 1. The summed E-state index contributed by atoms with van der Waals surface area (Å²) in [6.07, 6.45) is 2.17. The summed E-state index contributed by atoms with van der Waals surface area (Å²) in [5.74, 6) is -0.388. The minimum atomic E-state index is -0.948. The molecule has 21 heavy (non-hydrogen) atoms. The van der Waals surface area contributed by atoms with E-state index in [1.54, 1.807) is 12.1 Å². The number of fused-ring (bicyclic) bond motifs is 1. The summed E-state index contributed by atoms with van der Waals surface area (Å²) in [6, 6.07) is 8.80. The predicted octanol–water partition coefficient (Wildman–Crippen LogP) is 3.16. The van der Waals surface area contributed by atoms with Crippen molar-refractivity contribution in [3.05, 3.63) is 35.9 Å². The maximum Gasteiger partial charge on any atom is 0.336 e. The van der Waals surface area contributed by atoms with Crippen LogP contribution in [0, 0.1) is 0 Å². The molecule has 0 aliphatic heterocycles. The number of benzene rings is 1. The van der Waals surface area contributed by atoms with Gasteiger partial charge in [0.25, 0.3) is 0 Å². The van der Waals surface area contributed by atoms with Crippen LogP contribution in [0.15, 0.2) is 30.3 Å². The van der Waals surface area contributed by atoms with Crippen LogP contribution in [0.25, 0.3) is 10.9 Å². The van der Waals surface area contributed by atoms with Gasteiger partial charge in [0.15, 0.2) is 0 Å². The third kappa shape index (κ3) is 4.16. The van der Waals surface area contributed by atoms with E-state index >= 15 is 0 Å². The van der Waals surface area contributed by atoms with E-state index in [9.17, 15) is 9.90 Å². The third-order valence-corrected chi connectivity index (χ3v) is 3.14. The Morgan fingerprint density at radius 2 is 2.14 bits per heavy atom. The summed E-state index contributed by atoms with van der Waals surface area (Å²) in [7, 11) is 0. The highest BCUT2D eigenvalue weighted by molar-refractivity contribution is 6.03. The van der Waals surface area contributed by atoms with Gasteiger partial charge in [0, 0.05) is 18.5 Å². The van der Waals surface area contributed by atoms with E-state index in [1.807, 2.05) is 18.2 Å². The highest BCUT2D eigenvalue weighted by Gasteiger charge is 2.11. The molecule has 1 aromatic carbocycles. The molecule has 1 heterocycles. The fourth-order valence-electron chi connectivity index (χ4n) is 2.04. The average molecular weight is 288 g/mol. The first kappa shape index (κ1) is 15.3. The number of anilines is 1. The molecule has 0 aliphatic carbocycles. The lowest BCUT2D eigenvalue weighted by Crippen LogP contribution is -2.12. The van der Waals surface area contributed by atoms with Gasteiger partial charge in [0.05, 0.1) is 17.7 Å². The third-order valence-electron chi connectivity index (χ3n) is 3.14. The largest absolute Gasteiger partial charge is 0.478 e. The second-order valence-electron chi connectivity index (χ2n) is 4.77. The van der Waals surface area contributed by atoms with Crippen LogP contribution in [-0.4, -0.2) is 35.8 Å². The Kier molecular flexibility index (Phi) is 5.51. The highest BCUT2D eigenvalue weighted by Crippen LogP contribution is 2.20. The van der Waals surface area contributed by atoms with Gasteiger partial charge in [-0.05, 0) is 18.6 Å². The van der Waals surface area contributed by atoms with E-state index < -0.39 is 5.97 Å². The second-order valence-corrected chi connectivity index (χ2v) is 4.77. The number of hydrogen-bond acceptors (Lipinski definition) is 4. The number of ether oxygens (including phenoxy) is 1. The number of carboxylic acid groups (broad SMARTS) is 1. The van der Waals surface area contributed by atoms with Crippen LogP contribution in [-0.2, 0) is 4.74 Å². The summed E-state index contributed by atoms with van der Waals surface area (Å²) in [6.45, 7) is 4.06.